The van der Waals surface area contributed by atoms with Gasteiger partial charge in [0.15, 0.2) is 0 Å². The molecule has 2 amide bonds. The Morgan fingerprint density at radius 3 is 2.70 bits per heavy atom. The number of hydrogen-bond donors (Lipinski definition) is 4. The van der Waals surface area contributed by atoms with E-state index in [1.54, 1.807) is 17.0 Å². The third-order valence-corrected chi connectivity index (χ3v) is 7.99. The molecular formula is C27H32IN9O3. The Morgan fingerprint density at radius 1 is 1.20 bits per heavy atom. The normalized spacial score (nSPS) is 23.0. The molecule has 12 nitrogen and oxygen atoms in total. The quantitative estimate of drug-likeness (QED) is 0.0798. The molecule has 40 heavy (non-hydrogen) atoms. The number of nitrogens with zero attached hydrogens (tertiary/aromatic N) is 5. The van der Waals surface area contributed by atoms with Gasteiger partial charge in [-0.05, 0) is 60.9 Å². The Morgan fingerprint density at radius 2 is 2.00 bits per heavy atom. The van der Waals surface area contributed by atoms with Crippen molar-refractivity contribution in [1.82, 2.24) is 25.8 Å². The first-order chi connectivity index (χ1) is 19.6. The van der Waals surface area contributed by atoms with Crippen molar-refractivity contribution in [2.45, 2.75) is 31.1 Å². The number of allylic oxidation sites excluding steroid dienone is 4. The monoisotopic (exact) mass is 657 g/mol. The molecule has 4 N–H and O–H groups in total. The molecule has 5 rings (SSSR count). The Balaban J connectivity index is 1.30. The molecule has 4 heterocycles. The molecule has 1 unspecified atom stereocenters. The van der Waals surface area contributed by atoms with Gasteiger partial charge in [-0.25, -0.2) is 0 Å². The van der Waals surface area contributed by atoms with Crippen molar-refractivity contribution in [3.63, 3.8) is 0 Å². The van der Waals surface area contributed by atoms with Gasteiger partial charge in [0.25, 0.3) is 5.91 Å². The highest BCUT2D eigenvalue weighted by molar-refractivity contribution is 14.1. The molecule has 2 saturated heterocycles. The van der Waals surface area contributed by atoms with Gasteiger partial charge in [0.2, 0.25) is 5.91 Å². The highest BCUT2D eigenvalue weighted by Gasteiger charge is 2.47. The molecular weight excluding hydrogens is 625 g/mol. The van der Waals surface area contributed by atoms with E-state index >= 15 is 0 Å². The van der Waals surface area contributed by atoms with Crippen LogP contribution in [0.3, 0.4) is 0 Å². The van der Waals surface area contributed by atoms with Crippen molar-refractivity contribution in [3.8, 4) is 0 Å². The Kier molecular flexibility index (Phi) is 9.26. The number of nitrogens with one attached hydrogen (secondary N) is 4. The van der Waals surface area contributed by atoms with Crippen LogP contribution in [0.4, 0.5) is 5.69 Å². The average Bonchev–Trinajstić information content (AvgIpc) is 3.00. The summed E-state index contributed by atoms with van der Waals surface area (Å²) in [6.45, 7) is 2.51. The Bertz CT molecular complexity index is 1280. The number of hydrogen-bond acceptors (Lipinski definition) is 8. The van der Waals surface area contributed by atoms with Crippen molar-refractivity contribution < 1.29 is 14.3 Å². The van der Waals surface area contributed by atoms with E-state index in [9.17, 15) is 9.59 Å². The van der Waals surface area contributed by atoms with Crippen LogP contribution >= 0.6 is 22.6 Å². The number of fused-ring (bicyclic) bond motifs is 1. The zero-order chi connectivity index (χ0) is 27.9. The van der Waals surface area contributed by atoms with Crippen LogP contribution in [0.1, 0.15) is 23.2 Å². The minimum atomic E-state index is -0.573. The zero-order valence-electron chi connectivity index (χ0n) is 21.9. The number of dihydropyridines is 2. The maximum atomic E-state index is 13.5. The lowest BCUT2D eigenvalue weighted by atomic mass is 9.97. The number of carbonyl (C=O) groups excluding carboxylic acids is 2. The summed E-state index contributed by atoms with van der Waals surface area (Å²) in [5, 5.41) is 16.9. The molecule has 1 aromatic rings. The number of benzene rings is 1. The van der Waals surface area contributed by atoms with Gasteiger partial charge < -0.3 is 30.9 Å². The number of anilines is 1. The van der Waals surface area contributed by atoms with E-state index in [4.69, 9.17) is 10.3 Å². The van der Waals surface area contributed by atoms with Crippen molar-refractivity contribution in [2.75, 3.05) is 42.7 Å². The predicted molar refractivity (Wildman–Crippen MR) is 160 cm³/mol. The van der Waals surface area contributed by atoms with Crippen LogP contribution in [0.25, 0.3) is 10.4 Å². The number of ether oxygens (including phenoxy) is 1. The fraction of sp³-hybridized carbons (Fsp3) is 0.407. The molecule has 0 aliphatic carbocycles. The lowest BCUT2D eigenvalue weighted by molar-refractivity contribution is -0.143. The van der Waals surface area contributed by atoms with E-state index in [1.165, 1.54) is 0 Å². The second-order valence-corrected chi connectivity index (χ2v) is 10.4. The maximum absolute atomic E-state index is 13.5. The summed E-state index contributed by atoms with van der Waals surface area (Å²) in [6, 6.07) is 6.82. The summed E-state index contributed by atoms with van der Waals surface area (Å²) in [7, 11) is 0. The van der Waals surface area contributed by atoms with E-state index in [2.05, 4.69) is 58.8 Å². The molecule has 0 saturated carbocycles. The second kappa shape index (κ2) is 13.2. The summed E-state index contributed by atoms with van der Waals surface area (Å²) in [5.41, 5.74) is 12.2. The molecule has 2 fully saturated rings. The van der Waals surface area contributed by atoms with Crippen molar-refractivity contribution in [3.05, 3.63) is 87.9 Å². The lowest BCUT2D eigenvalue weighted by Crippen LogP contribution is -2.68. The summed E-state index contributed by atoms with van der Waals surface area (Å²) >= 11 is 2.19. The number of azide groups is 1. The van der Waals surface area contributed by atoms with Crippen molar-refractivity contribution in [2.24, 2.45) is 5.11 Å². The number of amides is 2. The third-order valence-electron chi connectivity index (χ3n) is 7.31. The summed E-state index contributed by atoms with van der Waals surface area (Å²) in [6.07, 6.45) is 11.1. The standard InChI is InChI=1S/C27H32IN9O3/c28-17-36-22-8-9-24(33-19-6-4-18(5-7-19)26(38)31-15-20-3-1-2-12-30-20)34-25(22)37(21-10-13-40-14-11-21)23(27(36)39)16-32-35-29/h1-9,21,23,25,30,33-34H,10-17H2,(H,31,38)/t23-,25?/m1/s1. The van der Waals surface area contributed by atoms with Gasteiger partial charge in [-0.2, -0.15) is 0 Å². The SMILES string of the molecule is [N-]=[N+]=NC[C@@H]1C(=O)N(CI)C2=CC=C(Nc3ccc(C(=O)NCC4=CC=CCN4)cc3)NC2N1C1CCOCC1. The average molecular weight is 658 g/mol. The van der Waals surface area contributed by atoms with Gasteiger partial charge in [0.1, 0.15) is 12.0 Å². The molecule has 1 aromatic carbocycles. The first-order valence-electron chi connectivity index (χ1n) is 13.3. The summed E-state index contributed by atoms with van der Waals surface area (Å²) < 4.78 is 6.07. The maximum Gasteiger partial charge on any atom is 0.251 e. The van der Waals surface area contributed by atoms with E-state index in [-0.39, 0.29) is 30.6 Å². The minimum absolute atomic E-state index is 0.0609. The van der Waals surface area contributed by atoms with Crippen LogP contribution in [0, 0.1) is 0 Å². The molecule has 4 aliphatic rings. The molecule has 0 aromatic heterocycles. The van der Waals surface area contributed by atoms with Crippen LogP contribution in [0.2, 0.25) is 0 Å². The third kappa shape index (κ3) is 6.28. The van der Waals surface area contributed by atoms with Gasteiger partial charge in [0, 0.05) is 47.7 Å². The van der Waals surface area contributed by atoms with E-state index in [0.29, 0.717) is 29.9 Å². The molecule has 13 heteroatoms. The molecule has 0 bridgehead atoms. The highest BCUT2D eigenvalue weighted by Crippen LogP contribution is 2.33. The lowest BCUT2D eigenvalue weighted by Gasteiger charge is -2.52. The van der Waals surface area contributed by atoms with Gasteiger partial charge >= 0.3 is 0 Å². The number of piperazine rings is 1. The first kappa shape index (κ1) is 28.0. The molecule has 0 radical (unpaired) electrons. The highest BCUT2D eigenvalue weighted by atomic mass is 127. The second-order valence-electron chi connectivity index (χ2n) is 9.71. The van der Waals surface area contributed by atoms with E-state index in [0.717, 1.165) is 42.3 Å². The predicted octanol–water partition coefficient (Wildman–Crippen LogP) is 2.92. The summed E-state index contributed by atoms with van der Waals surface area (Å²) in [4.78, 5) is 32.9. The van der Waals surface area contributed by atoms with Gasteiger partial charge in [-0.3, -0.25) is 14.5 Å². The summed E-state index contributed by atoms with van der Waals surface area (Å²) in [5.74, 6) is 0.551. The Labute approximate surface area is 246 Å². The van der Waals surface area contributed by atoms with Gasteiger partial charge in [-0.15, -0.1) is 0 Å². The van der Waals surface area contributed by atoms with Crippen molar-refractivity contribution >= 4 is 40.1 Å². The van der Waals surface area contributed by atoms with Crippen LogP contribution in [-0.2, 0) is 9.53 Å². The number of carbonyl (C=O) groups is 2. The number of alkyl halides is 1. The molecule has 0 spiro atoms. The topological polar surface area (TPSA) is 147 Å². The van der Waals surface area contributed by atoms with Crippen LogP contribution < -0.4 is 21.3 Å². The number of halogens is 1. The number of rotatable bonds is 9. The smallest absolute Gasteiger partial charge is 0.251 e. The Hall–Kier alpha value is -3.52. The largest absolute Gasteiger partial charge is 0.383 e. The zero-order valence-corrected chi connectivity index (χ0v) is 24.1. The molecule has 4 aliphatic heterocycles. The van der Waals surface area contributed by atoms with Crippen LogP contribution in [0.15, 0.2) is 77.0 Å². The van der Waals surface area contributed by atoms with E-state index < -0.39 is 6.04 Å². The fourth-order valence-corrected chi connectivity index (χ4v) is 6.04. The molecule has 2 atom stereocenters. The van der Waals surface area contributed by atoms with Crippen LogP contribution in [-0.4, -0.2) is 77.3 Å². The van der Waals surface area contributed by atoms with Gasteiger partial charge in [0.05, 0.1) is 29.4 Å². The van der Waals surface area contributed by atoms with E-state index in [1.807, 2.05) is 42.5 Å². The fourth-order valence-electron chi connectivity index (χ4n) is 5.31. The first-order valence-corrected chi connectivity index (χ1v) is 14.8. The minimum Gasteiger partial charge on any atom is -0.383 e. The van der Waals surface area contributed by atoms with Crippen molar-refractivity contribution in [1.29, 1.82) is 0 Å². The van der Waals surface area contributed by atoms with Gasteiger partial charge in [-0.1, -0.05) is 39.9 Å². The van der Waals surface area contributed by atoms with Crippen LogP contribution in [0.5, 0.6) is 0 Å². The molecule has 210 valence electrons.